The van der Waals surface area contributed by atoms with Crippen LogP contribution >= 0.6 is 15.9 Å². The van der Waals surface area contributed by atoms with Crippen molar-refractivity contribution in [3.8, 4) is 17.2 Å². The number of benzene rings is 3. The number of carbonyl (C=O) groups excluding carboxylic acids is 5. The van der Waals surface area contributed by atoms with Crippen LogP contribution in [0.5, 0.6) is 17.2 Å². The lowest BCUT2D eigenvalue weighted by Crippen LogP contribution is -2.39. The van der Waals surface area contributed by atoms with Gasteiger partial charge in [0, 0.05) is 52.0 Å². The molecule has 1 heterocycles. The van der Waals surface area contributed by atoms with Crippen molar-refractivity contribution in [3.63, 3.8) is 0 Å². The number of imide groups is 1. The first kappa shape index (κ1) is 30.6. The van der Waals surface area contributed by atoms with E-state index in [2.05, 4.69) is 15.9 Å². The third-order valence-corrected chi connectivity index (χ3v) is 10.2. The number of phenols is 1. The highest BCUT2D eigenvalue weighted by Gasteiger charge is 2.57. The van der Waals surface area contributed by atoms with E-state index in [9.17, 15) is 29.1 Å². The van der Waals surface area contributed by atoms with Crippen LogP contribution in [-0.4, -0.2) is 48.5 Å². The zero-order valence-electron chi connectivity index (χ0n) is 25.4. The van der Waals surface area contributed by atoms with Gasteiger partial charge in [-0.05, 0) is 59.0 Å². The highest BCUT2D eigenvalue weighted by atomic mass is 79.9. The molecule has 3 aromatic rings. The lowest BCUT2D eigenvalue weighted by Gasteiger charge is -2.42. The highest BCUT2D eigenvalue weighted by Crippen LogP contribution is 2.58. The summed E-state index contributed by atoms with van der Waals surface area (Å²) in [6.07, 6.45) is 3.39. The second kappa shape index (κ2) is 11.6. The molecule has 4 aliphatic rings. The number of ether oxygens (including phenoxy) is 2. The highest BCUT2D eigenvalue weighted by molar-refractivity contribution is 9.12. The van der Waals surface area contributed by atoms with Crippen molar-refractivity contribution in [2.45, 2.75) is 18.8 Å². The van der Waals surface area contributed by atoms with Crippen molar-refractivity contribution in [3.05, 3.63) is 117 Å². The SMILES string of the molecule is COc1cc(O)c(C2C3=CCC4C(=O)N(c5ccc(C(=O)c6ccccc6)cc5)C(=O)C4C3CC3=C2C(=O)C=C(Br)C3=O)c(OC)c1. The number of phenolic OH excluding ortho intramolecular Hbond substituents is 1. The van der Waals surface area contributed by atoms with Crippen LogP contribution in [0.25, 0.3) is 0 Å². The summed E-state index contributed by atoms with van der Waals surface area (Å²) >= 11 is 3.23. The molecule has 1 aliphatic heterocycles. The van der Waals surface area contributed by atoms with Gasteiger partial charge in [-0.1, -0.05) is 42.0 Å². The summed E-state index contributed by atoms with van der Waals surface area (Å²) in [5.41, 5.74) is 2.68. The second-order valence-electron chi connectivity index (χ2n) is 11.9. The molecule has 0 aromatic heterocycles. The Kier molecular flexibility index (Phi) is 7.55. The Labute approximate surface area is 278 Å². The Morgan fingerprint density at radius 3 is 2.28 bits per heavy atom. The van der Waals surface area contributed by atoms with Gasteiger partial charge in [-0.25, -0.2) is 0 Å². The number of ketones is 3. The molecule has 47 heavy (non-hydrogen) atoms. The van der Waals surface area contributed by atoms with E-state index in [1.54, 1.807) is 54.6 Å². The van der Waals surface area contributed by atoms with Crippen LogP contribution in [0.4, 0.5) is 5.69 Å². The second-order valence-corrected chi connectivity index (χ2v) is 12.8. The van der Waals surface area contributed by atoms with Gasteiger partial charge < -0.3 is 14.6 Å². The molecule has 2 amide bonds. The Hall–Kier alpha value is -5.09. The summed E-state index contributed by atoms with van der Waals surface area (Å²) in [6, 6.07) is 18.2. The van der Waals surface area contributed by atoms with Crippen LogP contribution in [0.2, 0.25) is 0 Å². The van der Waals surface area contributed by atoms with Crippen LogP contribution < -0.4 is 14.4 Å². The number of hydrogen-bond acceptors (Lipinski definition) is 8. The molecule has 7 rings (SSSR count). The molecule has 236 valence electrons. The number of fused-ring (bicyclic) bond motifs is 3. The number of methoxy groups -OCH3 is 2. The molecule has 3 aliphatic carbocycles. The molecule has 10 heteroatoms. The quantitative estimate of drug-likeness (QED) is 0.153. The van der Waals surface area contributed by atoms with Crippen molar-refractivity contribution in [1.29, 1.82) is 0 Å². The van der Waals surface area contributed by atoms with E-state index in [0.29, 0.717) is 28.1 Å². The van der Waals surface area contributed by atoms with Crippen molar-refractivity contribution >= 4 is 50.8 Å². The number of anilines is 1. The minimum atomic E-state index is -0.904. The molecule has 9 nitrogen and oxygen atoms in total. The van der Waals surface area contributed by atoms with E-state index in [0.717, 1.165) is 4.90 Å². The molecule has 1 N–H and O–H groups in total. The predicted molar refractivity (Wildman–Crippen MR) is 175 cm³/mol. The van der Waals surface area contributed by atoms with Crippen molar-refractivity contribution in [2.24, 2.45) is 17.8 Å². The number of allylic oxidation sites excluding steroid dienone is 6. The van der Waals surface area contributed by atoms with Gasteiger partial charge in [-0.2, -0.15) is 0 Å². The standard InChI is InChI=1S/C37H28BrNO8/c1-46-21-14-27(40)33(29(15-21)47-2)32-22-12-13-23-30(24(22)16-25-31(32)28(41)17-26(38)35(25)43)37(45)39(36(23)44)20-10-8-19(9-11-20)34(42)18-6-4-3-5-7-18/h3-12,14-15,17,23-24,30,32,40H,13,16H2,1-2H3. The minimum Gasteiger partial charge on any atom is -0.507 e. The topological polar surface area (TPSA) is 127 Å². The Morgan fingerprint density at radius 2 is 1.60 bits per heavy atom. The molecule has 0 saturated carbocycles. The first-order valence-electron chi connectivity index (χ1n) is 15.1. The molecule has 0 bridgehead atoms. The fourth-order valence-corrected chi connectivity index (χ4v) is 7.92. The molecule has 0 spiro atoms. The summed E-state index contributed by atoms with van der Waals surface area (Å²) in [6.45, 7) is 0. The van der Waals surface area contributed by atoms with Crippen molar-refractivity contribution in [1.82, 2.24) is 0 Å². The maximum atomic E-state index is 14.3. The van der Waals surface area contributed by atoms with Gasteiger partial charge in [0.1, 0.15) is 17.2 Å². The molecule has 0 radical (unpaired) electrons. The molecular weight excluding hydrogens is 666 g/mol. The maximum Gasteiger partial charge on any atom is 0.238 e. The third-order valence-electron chi connectivity index (χ3n) is 9.59. The van der Waals surface area contributed by atoms with E-state index in [1.165, 1.54) is 26.4 Å². The first-order chi connectivity index (χ1) is 22.6. The van der Waals surface area contributed by atoms with Gasteiger partial charge in [0.2, 0.25) is 11.8 Å². The van der Waals surface area contributed by atoms with Gasteiger partial charge >= 0.3 is 0 Å². The predicted octanol–water partition coefficient (Wildman–Crippen LogP) is 5.61. The smallest absolute Gasteiger partial charge is 0.238 e. The number of carbonyl (C=O) groups is 5. The van der Waals surface area contributed by atoms with Gasteiger partial charge in [0.05, 0.1) is 36.2 Å². The third kappa shape index (κ3) is 4.77. The summed E-state index contributed by atoms with van der Waals surface area (Å²) in [4.78, 5) is 69.4. The van der Waals surface area contributed by atoms with Crippen LogP contribution in [-0.2, 0) is 19.2 Å². The molecule has 4 unspecified atom stereocenters. The van der Waals surface area contributed by atoms with E-state index in [-0.39, 0.29) is 63.0 Å². The Morgan fingerprint density at radius 1 is 0.894 bits per heavy atom. The van der Waals surface area contributed by atoms with Crippen LogP contribution in [0.15, 0.2) is 100 Å². The van der Waals surface area contributed by atoms with Crippen LogP contribution in [0, 0.1) is 17.8 Å². The number of rotatable bonds is 6. The molecule has 1 saturated heterocycles. The summed E-state index contributed by atoms with van der Waals surface area (Å²) in [5.74, 6) is -4.39. The Balaban J connectivity index is 1.29. The average Bonchev–Trinajstić information content (AvgIpc) is 3.35. The largest absolute Gasteiger partial charge is 0.507 e. The fourth-order valence-electron chi connectivity index (χ4n) is 7.47. The Bertz CT molecular complexity index is 1990. The van der Waals surface area contributed by atoms with Gasteiger partial charge in [-0.15, -0.1) is 0 Å². The van der Waals surface area contributed by atoms with Crippen LogP contribution in [0.3, 0.4) is 0 Å². The monoisotopic (exact) mass is 693 g/mol. The lowest BCUT2D eigenvalue weighted by atomic mass is 9.59. The van der Waals surface area contributed by atoms with Crippen molar-refractivity contribution in [2.75, 3.05) is 19.1 Å². The number of halogens is 1. The average molecular weight is 695 g/mol. The van der Waals surface area contributed by atoms with Crippen molar-refractivity contribution < 1.29 is 38.6 Å². The lowest BCUT2D eigenvalue weighted by molar-refractivity contribution is -0.123. The number of amides is 2. The number of nitrogens with zero attached hydrogens (tertiary/aromatic N) is 1. The minimum absolute atomic E-state index is 0.0724. The van der Waals surface area contributed by atoms with E-state index in [1.807, 2.05) is 12.1 Å². The number of aromatic hydroxyl groups is 1. The number of Topliss-reactive ketones (excluding diaryl/α,β-unsaturated/α-hetero) is 1. The van der Waals surface area contributed by atoms with Gasteiger partial charge in [0.25, 0.3) is 0 Å². The summed E-state index contributed by atoms with van der Waals surface area (Å²) in [5, 5.41) is 11.3. The first-order valence-corrected chi connectivity index (χ1v) is 15.9. The zero-order valence-corrected chi connectivity index (χ0v) is 26.9. The normalized spacial score (nSPS) is 23.5. The summed E-state index contributed by atoms with van der Waals surface area (Å²) < 4.78 is 11.1. The molecule has 1 fully saturated rings. The molecule has 4 atom stereocenters. The van der Waals surface area contributed by atoms with E-state index < -0.39 is 35.4 Å². The molecule has 3 aromatic carbocycles. The number of hydrogen-bond donors (Lipinski definition) is 1. The van der Waals surface area contributed by atoms with Gasteiger partial charge in [0.15, 0.2) is 17.3 Å². The zero-order chi connectivity index (χ0) is 33.1. The summed E-state index contributed by atoms with van der Waals surface area (Å²) in [7, 11) is 2.88. The van der Waals surface area contributed by atoms with E-state index >= 15 is 0 Å². The fraction of sp³-hybridized carbons (Fsp3) is 0.216. The maximum absolute atomic E-state index is 14.3. The van der Waals surface area contributed by atoms with E-state index in [4.69, 9.17) is 9.47 Å². The van der Waals surface area contributed by atoms with Gasteiger partial charge in [-0.3, -0.25) is 28.9 Å². The van der Waals surface area contributed by atoms with Crippen LogP contribution in [0.1, 0.15) is 40.2 Å². The molecular formula is C37H28BrNO8.